The van der Waals surface area contributed by atoms with Crippen LogP contribution in [-0.2, 0) is 21.7 Å². The van der Waals surface area contributed by atoms with E-state index in [1.807, 2.05) is 36.4 Å². The minimum Gasteiger partial charge on any atom is -0.309 e. The Morgan fingerprint density at radius 3 is 0.890 bits per heavy atom. The molecular weight excluding hydrogens is 889 g/mol. The molecule has 0 N–H and O–H groups in total. The largest absolute Gasteiger partial charge is 0.309 e. The van der Waals surface area contributed by atoms with Gasteiger partial charge < -0.3 is 9.13 Å². The molecular formula is C67H64N6. The first-order valence-electron chi connectivity index (χ1n) is 25.9. The lowest BCUT2D eigenvalue weighted by molar-refractivity contribution is 0.590. The van der Waals surface area contributed by atoms with E-state index in [0.717, 1.165) is 44.3 Å². The monoisotopic (exact) mass is 953 g/mol. The third kappa shape index (κ3) is 7.81. The fraction of sp³-hybridized carbons (Fsp3) is 0.239. The molecule has 4 aromatic heterocycles. The normalized spacial score (nSPS) is 12.9. The zero-order valence-corrected chi connectivity index (χ0v) is 44.3. The van der Waals surface area contributed by atoms with Crippen LogP contribution in [0.1, 0.15) is 105 Å². The van der Waals surface area contributed by atoms with Gasteiger partial charge in [0.25, 0.3) is 0 Å². The number of aromatic nitrogens is 6. The van der Waals surface area contributed by atoms with E-state index in [4.69, 9.17) is 15.0 Å². The van der Waals surface area contributed by atoms with Gasteiger partial charge in [-0.15, -0.1) is 0 Å². The van der Waals surface area contributed by atoms with Gasteiger partial charge in [0, 0.05) is 54.8 Å². The van der Waals surface area contributed by atoms with E-state index in [9.17, 15) is 0 Å². The number of hydrogen-bond donors (Lipinski definition) is 0. The molecule has 12 aromatic rings. The van der Waals surface area contributed by atoms with Crippen molar-refractivity contribution in [2.45, 2.75) is 105 Å². The Morgan fingerprint density at radius 2 is 0.589 bits per heavy atom. The van der Waals surface area contributed by atoms with Crippen LogP contribution in [0.3, 0.4) is 0 Å². The van der Waals surface area contributed by atoms with Crippen LogP contribution < -0.4 is 0 Å². The molecule has 0 atom stereocenters. The van der Waals surface area contributed by atoms with Crippen LogP contribution in [0, 0.1) is 0 Å². The predicted molar refractivity (Wildman–Crippen MR) is 309 cm³/mol. The zero-order valence-electron chi connectivity index (χ0n) is 44.3. The molecule has 6 nitrogen and oxygen atoms in total. The van der Waals surface area contributed by atoms with Gasteiger partial charge in [-0.3, -0.25) is 4.57 Å². The van der Waals surface area contributed by atoms with Crippen molar-refractivity contribution in [1.82, 2.24) is 28.7 Å². The Hall–Kier alpha value is -7.83. The summed E-state index contributed by atoms with van der Waals surface area (Å²) in [6, 6.07) is 62.6. The second kappa shape index (κ2) is 16.3. The lowest BCUT2D eigenvalue weighted by atomic mass is 9.85. The SMILES string of the molecule is CC(C)(C)c1ccc2c(c1)c1cc(C(C)(C)C)ccc1n2-c1ccc2c3ccc(-n4c5ccc(C(C)(C)C)cc5c5cc(C(C)(C)C)ccc54)cc3n(-c3nc(-c4ccccc4)nc(-c4ccccc4)n3)c2c1. The molecule has 4 heterocycles. The second-order valence-corrected chi connectivity index (χ2v) is 24.4. The van der Waals surface area contributed by atoms with Crippen molar-refractivity contribution in [3.63, 3.8) is 0 Å². The van der Waals surface area contributed by atoms with E-state index in [1.165, 1.54) is 65.9 Å². The molecule has 0 saturated carbocycles. The summed E-state index contributed by atoms with van der Waals surface area (Å²) in [5.74, 6) is 1.79. The van der Waals surface area contributed by atoms with Crippen LogP contribution in [-0.4, -0.2) is 28.7 Å². The Bertz CT molecular complexity index is 3750. The smallest absolute Gasteiger partial charge is 0.238 e. The average Bonchev–Trinajstić information content (AvgIpc) is 3.99. The molecule has 73 heavy (non-hydrogen) atoms. The Labute approximate surface area is 429 Å². The summed E-state index contributed by atoms with van der Waals surface area (Å²) >= 11 is 0. The van der Waals surface area contributed by atoms with Crippen LogP contribution in [0.25, 0.3) is 106 Å². The standard InChI is InChI=1S/C67H64N6/c1-64(2,3)43-23-31-55-51(35-43)52-36-44(65(4,5)6)24-32-56(52)71(55)47-27-29-49-50-30-28-48(72-57-33-25-45(66(7,8)9)37-53(57)54-38-46(67(10,11)12)26-34-58(54)72)40-60(50)73(59(49)39-47)63-69-61(41-19-15-13-16-20-41)68-62(70-63)42-21-17-14-18-22-42/h13-40H,1-12H3. The highest BCUT2D eigenvalue weighted by atomic mass is 15.2. The molecule has 0 radical (unpaired) electrons. The van der Waals surface area contributed by atoms with E-state index in [0.29, 0.717) is 17.6 Å². The van der Waals surface area contributed by atoms with Gasteiger partial charge in [0.2, 0.25) is 5.95 Å². The van der Waals surface area contributed by atoms with Crippen molar-refractivity contribution in [2.24, 2.45) is 0 Å². The summed E-state index contributed by atoms with van der Waals surface area (Å²) in [6.45, 7) is 27.6. The van der Waals surface area contributed by atoms with Crippen LogP contribution in [0.4, 0.5) is 0 Å². The highest BCUT2D eigenvalue weighted by Crippen LogP contribution is 2.43. The van der Waals surface area contributed by atoms with Crippen molar-refractivity contribution in [3.8, 4) is 40.1 Å². The Balaban J connectivity index is 1.18. The fourth-order valence-corrected chi connectivity index (χ4v) is 10.9. The van der Waals surface area contributed by atoms with E-state index < -0.39 is 0 Å². The third-order valence-corrected chi connectivity index (χ3v) is 15.1. The highest BCUT2D eigenvalue weighted by molar-refractivity contribution is 6.14. The first kappa shape index (κ1) is 46.3. The lowest BCUT2D eigenvalue weighted by Gasteiger charge is -2.19. The molecule has 0 spiro atoms. The molecule has 0 amide bonds. The fourth-order valence-electron chi connectivity index (χ4n) is 10.9. The molecule has 6 heteroatoms. The number of hydrogen-bond acceptors (Lipinski definition) is 3. The Kier molecular flexibility index (Phi) is 10.4. The minimum absolute atomic E-state index is 0.00530. The molecule has 0 fully saturated rings. The first-order valence-corrected chi connectivity index (χ1v) is 25.9. The number of fused-ring (bicyclic) bond motifs is 9. The van der Waals surface area contributed by atoms with Crippen molar-refractivity contribution >= 4 is 65.4 Å². The molecule has 0 unspecified atom stereocenters. The van der Waals surface area contributed by atoms with Gasteiger partial charge in [0.15, 0.2) is 11.6 Å². The second-order valence-electron chi connectivity index (χ2n) is 24.4. The van der Waals surface area contributed by atoms with Crippen molar-refractivity contribution in [3.05, 3.63) is 192 Å². The summed E-state index contributed by atoms with van der Waals surface area (Å²) in [4.78, 5) is 16.0. The van der Waals surface area contributed by atoms with Gasteiger partial charge >= 0.3 is 0 Å². The maximum absolute atomic E-state index is 5.41. The van der Waals surface area contributed by atoms with Crippen molar-refractivity contribution < 1.29 is 0 Å². The molecule has 362 valence electrons. The van der Waals surface area contributed by atoms with E-state index in [2.05, 4.69) is 230 Å². The molecule has 12 rings (SSSR count). The minimum atomic E-state index is -0.00530. The topological polar surface area (TPSA) is 53.5 Å². The van der Waals surface area contributed by atoms with Gasteiger partial charge in [-0.25, -0.2) is 4.98 Å². The summed E-state index contributed by atoms with van der Waals surface area (Å²) in [7, 11) is 0. The van der Waals surface area contributed by atoms with Crippen LogP contribution >= 0.6 is 0 Å². The van der Waals surface area contributed by atoms with Gasteiger partial charge in [0.1, 0.15) is 0 Å². The molecule has 0 aliphatic heterocycles. The molecule has 8 aromatic carbocycles. The molecule has 0 bridgehead atoms. The number of nitrogens with zero attached hydrogens (tertiary/aromatic N) is 6. The van der Waals surface area contributed by atoms with Crippen molar-refractivity contribution in [1.29, 1.82) is 0 Å². The summed E-state index contributed by atoms with van der Waals surface area (Å²) in [6.07, 6.45) is 0. The first-order chi connectivity index (χ1) is 34.7. The maximum atomic E-state index is 5.41. The van der Waals surface area contributed by atoms with Gasteiger partial charge in [-0.1, -0.05) is 180 Å². The van der Waals surface area contributed by atoms with Gasteiger partial charge in [-0.2, -0.15) is 9.97 Å². The lowest BCUT2D eigenvalue weighted by Crippen LogP contribution is -2.10. The summed E-state index contributed by atoms with van der Waals surface area (Å²) in [5, 5.41) is 7.26. The van der Waals surface area contributed by atoms with Crippen molar-refractivity contribution in [2.75, 3.05) is 0 Å². The highest BCUT2D eigenvalue weighted by Gasteiger charge is 2.26. The quantitative estimate of drug-likeness (QED) is 0.173. The van der Waals surface area contributed by atoms with Crippen LogP contribution in [0.5, 0.6) is 0 Å². The summed E-state index contributed by atoms with van der Waals surface area (Å²) < 4.78 is 7.18. The van der Waals surface area contributed by atoms with Gasteiger partial charge in [-0.05, 0) is 117 Å². The maximum Gasteiger partial charge on any atom is 0.238 e. The predicted octanol–water partition coefficient (Wildman–Crippen LogP) is 17.7. The average molecular weight is 953 g/mol. The molecule has 0 aliphatic rings. The number of benzene rings is 8. The molecule has 0 aliphatic carbocycles. The van der Waals surface area contributed by atoms with Crippen LogP contribution in [0.15, 0.2) is 170 Å². The van der Waals surface area contributed by atoms with E-state index in [-0.39, 0.29) is 21.7 Å². The van der Waals surface area contributed by atoms with E-state index in [1.54, 1.807) is 0 Å². The summed E-state index contributed by atoms with van der Waals surface area (Å²) in [5.41, 5.74) is 15.9. The Morgan fingerprint density at radius 1 is 0.274 bits per heavy atom. The van der Waals surface area contributed by atoms with Crippen LogP contribution in [0.2, 0.25) is 0 Å². The van der Waals surface area contributed by atoms with Gasteiger partial charge in [0.05, 0.1) is 33.1 Å². The van der Waals surface area contributed by atoms with E-state index >= 15 is 0 Å². The molecule has 0 saturated heterocycles. The number of rotatable bonds is 5. The third-order valence-electron chi connectivity index (χ3n) is 15.1. The zero-order chi connectivity index (χ0) is 50.9.